The number of hydrogen-bond acceptors (Lipinski definition) is 4. The summed E-state index contributed by atoms with van der Waals surface area (Å²) in [7, 11) is 0. The van der Waals surface area contributed by atoms with E-state index in [1.54, 1.807) is 24.3 Å². The van der Waals surface area contributed by atoms with Gasteiger partial charge in [-0.3, -0.25) is 4.79 Å². The van der Waals surface area contributed by atoms with Gasteiger partial charge in [0.2, 0.25) is 0 Å². The molecular formula is C18H20FNO4. The maximum absolute atomic E-state index is 12.7. The van der Waals surface area contributed by atoms with E-state index in [-0.39, 0.29) is 18.3 Å². The predicted octanol–water partition coefficient (Wildman–Crippen LogP) is 2.80. The number of halogens is 1. The Hall–Kier alpha value is -2.76. The molecule has 1 amide bonds. The lowest BCUT2D eigenvalue weighted by Gasteiger charge is -2.09. The minimum Gasteiger partial charge on any atom is -0.494 e. The maximum Gasteiger partial charge on any atom is 0.258 e. The van der Waals surface area contributed by atoms with E-state index in [0.717, 1.165) is 5.75 Å². The summed E-state index contributed by atoms with van der Waals surface area (Å²) >= 11 is 0. The molecule has 0 aromatic heterocycles. The molecule has 0 bridgehead atoms. The highest BCUT2D eigenvalue weighted by Crippen LogP contribution is 2.17. The van der Waals surface area contributed by atoms with Crippen molar-refractivity contribution in [2.75, 3.05) is 26.4 Å². The molecular weight excluding hydrogens is 313 g/mol. The molecule has 0 saturated heterocycles. The Morgan fingerprint density at radius 1 is 0.917 bits per heavy atom. The van der Waals surface area contributed by atoms with Crippen LogP contribution in [0, 0.1) is 5.82 Å². The molecule has 128 valence electrons. The summed E-state index contributed by atoms with van der Waals surface area (Å²) in [4.78, 5) is 11.7. The van der Waals surface area contributed by atoms with Crippen molar-refractivity contribution in [1.29, 1.82) is 0 Å². The first-order valence-electron chi connectivity index (χ1n) is 7.68. The molecule has 0 fully saturated rings. The van der Waals surface area contributed by atoms with Crippen LogP contribution in [0.25, 0.3) is 0 Å². The van der Waals surface area contributed by atoms with Crippen LogP contribution in [0.5, 0.6) is 17.2 Å². The number of rotatable bonds is 9. The summed E-state index contributed by atoms with van der Waals surface area (Å²) in [6, 6.07) is 12.8. The molecule has 6 heteroatoms. The van der Waals surface area contributed by atoms with Crippen molar-refractivity contribution >= 4 is 5.91 Å². The van der Waals surface area contributed by atoms with Gasteiger partial charge >= 0.3 is 0 Å². The van der Waals surface area contributed by atoms with Gasteiger partial charge in [-0.05, 0) is 55.5 Å². The van der Waals surface area contributed by atoms with Crippen LogP contribution in [0.15, 0.2) is 48.5 Å². The van der Waals surface area contributed by atoms with Crippen molar-refractivity contribution in [3.63, 3.8) is 0 Å². The minimum absolute atomic E-state index is 0.0788. The van der Waals surface area contributed by atoms with E-state index >= 15 is 0 Å². The predicted molar refractivity (Wildman–Crippen MR) is 88.0 cm³/mol. The van der Waals surface area contributed by atoms with Crippen molar-refractivity contribution in [2.24, 2.45) is 0 Å². The van der Waals surface area contributed by atoms with E-state index in [2.05, 4.69) is 5.32 Å². The lowest BCUT2D eigenvalue weighted by molar-refractivity contribution is -0.123. The highest BCUT2D eigenvalue weighted by atomic mass is 19.1. The molecule has 24 heavy (non-hydrogen) atoms. The zero-order chi connectivity index (χ0) is 17.2. The van der Waals surface area contributed by atoms with Crippen LogP contribution < -0.4 is 19.5 Å². The summed E-state index contributed by atoms with van der Waals surface area (Å²) in [6.45, 7) is 3.06. The van der Waals surface area contributed by atoms with Crippen molar-refractivity contribution in [1.82, 2.24) is 5.32 Å². The average Bonchev–Trinajstić information content (AvgIpc) is 2.60. The Kier molecular flexibility index (Phi) is 6.89. The first kappa shape index (κ1) is 17.6. The van der Waals surface area contributed by atoms with Crippen molar-refractivity contribution < 1.29 is 23.4 Å². The van der Waals surface area contributed by atoms with Crippen LogP contribution in [0.1, 0.15) is 6.92 Å². The van der Waals surface area contributed by atoms with Gasteiger partial charge in [0.1, 0.15) is 29.7 Å². The van der Waals surface area contributed by atoms with Crippen molar-refractivity contribution in [3.05, 3.63) is 54.3 Å². The third-order valence-electron chi connectivity index (χ3n) is 3.01. The second-order valence-corrected chi connectivity index (χ2v) is 4.85. The lowest BCUT2D eigenvalue weighted by atomic mass is 10.3. The number of carbonyl (C=O) groups is 1. The maximum atomic E-state index is 12.7. The average molecular weight is 333 g/mol. The summed E-state index contributed by atoms with van der Waals surface area (Å²) in [5, 5.41) is 2.68. The van der Waals surface area contributed by atoms with Gasteiger partial charge in [0, 0.05) is 0 Å². The largest absolute Gasteiger partial charge is 0.494 e. The summed E-state index contributed by atoms with van der Waals surface area (Å²) in [5.74, 6) is 1.34. The number of nitrogens with one attached hydrogen (secondary N) is 1. The molecule has 5 nitrogen and oxygen atoms in total. The van der Waals surface area contributed by atoms with Gasteiger partial charge in [0.25, 0.3) is 5.91 Å². The Balaban J connectivity index is 1.61. The normalized spacial score (nSPS) is 10.1. The third-order valence-corrected chi connectivity index (χ3v) is 3.01. The third kappa shape index (κ3) is 6.16. The Morgan fingerprint density at radius 3 is 2.08 bits per heavy atom. The second kappa shape index (κ2) is 9.39. The van der Waals surface area contributed by atoms with E-state index in [0.29, 0.717) is 31.3 Å². The van der Waals surface area contributed by atoms with Gasteiger partial charge in [0.15, 0.2) is 6.61 Å². The molecule has 0 saturated carbocycles. The molecule has 0 radical (unpaired) electrons. The summed E-state index contributed by atoms with van der Waals surface area (Å²) in [5.41, 5.74) is 0. The fourth-order valence-electron chi connectivity index (χ4n) is 1.89. The van der Waals surface area contributed by atoms with E-state index in [9.17, 15) is 9.18 Å². The standard InChI is InChI=1S/C18H20FNO4/c1-2-22-15-7-9-17(10-8-15)24-13-18(21)20-11-12-23-16-5-3-14(19)4-6-16/h3-10H,2,11-13H2,1H3,(H,20,21). The second-order valence-electron chi connectivity index (χ2n) is 4.85. The van der Waals surface area contributed by atoms with Gasteiger partial charge in [-0.15, -0.1) is 0 Å². The van der Waals surface area contributed by atoms with Gasteiger partial charge in [-0.25, -0.2) is 4.39 Å². The minimum atomic E-state index is -0.318. The first-order chi connectivity index (χ1) is 11.7. The van der Waals surface area contributed by atoms with Crippen LogP contribution in [0.3, 0.4) is 0 Å². The molecule has 0 unspecified atom stereocenters. The van der Waals surface area contributed by atoms with E-state index in [1.165, 1.54) is 24.3 Å². The summed E-state index contributed by atoms with van der Waals surface area (Å²) < 4.78 is 28.8. The van der Waals surface area contributed by atoms with Gasteiger partial charge in [-0.2, -0.15) is 0 Å². The fraction of sp³-hybridized carbons (Fsp3) is 0.278. The fourth-order valence-corrected chi connectivity index (χ4v) is 1.89. The molecule has 0 aliphatic heterocycles. The number of ether oxygens (including phenoxy) is 3. The van der Waals surface area contributed by atoms with Crippen LogP contribution in [0.4, 0.5) is 4.39 Å². The number of benzene rings is 2. The zero-order valence-corrected chi connectivity index (χ0v) is 13.5. The number of carbonyl (C=O) groups excluding carboxylic acids is 1. The highest BCUT2D eigenvalue weighted by molar-refractivity contribution is 5.77. The Morgan fingerprint density at radius 2 is 1.46 bits per heavy atom. The van der Waals surface area contributed by atoms with Crippen LogP contribution in [-0.2, 0) is 4.79 Å². The molecule has 2 aromatic carbocycles. The molecule has 0 aliphatic carbocycles. The SMILES string of the molecule is CCOc1ccc(OCC(=O)NCCOc2ccc(F)cc2)cc1. The molecule has 0 heterocycles. The van der Waals surface area contributed by atoms with E-state index < -0.39 is 0 Å². The van der Waals surface area contributed by atoms with E-state index in [4.69, 9.17) is 14.2 Å². The smallest absolute Gasteiger partial charge is 0.258 e. The molecule has 1 N–H and O–H groups in total. The molecule has 0 atom stereocenters. The van der Waals surface area contributed by atoms with Crippen molar-refractivity contribution in [2.45, 2.75) is 6.92 Å². The van der Waals surface area contributed by atoms with Gasteiger partial charge < -0.3 is 19.5 Å². The number of amides is 1. The topological polar surface area (TPSA) is 56.8 Å². The molecule has 0 spiro atoms. The highest BCUT2D eigenvalue weighted by Gasteiger charge is 2.03. The molecule has 2 rings (SSSR count). The van der Waals surface area contributed by atoms with Gasteiger partial charge in [-0.1, -0.05) is 0 Å². The Bertz CT molecular complexity index is 628. The monoisotopic (exact) mass is 333 g/mol. The van der Waals surface area contributed by atoms with E-state index in [1.807, 2.05) is 6.92 Å². The van der Waals surface area contributed by atoms with Gasteiger partial charge in [0.05, 0.1) is 13.2 Å². The molecule has 0 aliphatic rings. The molecule has 2 aromatic rings. The number of hydrogen-bond donors (Lipinski definition) is 1. The lowest BCUT2D eigenvalue weighted by Crippen LogP contribution is -2.32. The quantitative estimate of drug-likeness (QED) is 0.717. The Labute approximate surface area is 140 Å². The summed E-state index contributed by atoms with van der Waals surface area (Å²) in [6.07, 6.45) is 0. The zero-order valence-electron chi connectivity index (χ0n) is 13.5. The van der Waals surface area contributed by atoms with Crippen LogP contribution >= 0.6 is 0 Å². The first-order valence-corrected chi connectivity index (χ1v) is 7.68. The van der Waals surface area contributed by atoms with Crippen LogP contribution in [0.2, 0.25) is 0 Å². The van der Waals surface area contributed by atoms with Crippen molar-refractivity contribution in [3.8, 4) is 17.2 Å². The van der Waals surface area contributed by atoms with Crippen LogP contribution in [-0.4, -0.2) is 32.3 Å².